The van der Waals surface area contributed by atoms with Gasteiger partial charge in [-0.1, -0.05) is 0 Å². The van der Waals surface area contributed by atoms with Crippen LogP contribution in [-0.4, -0.2) is 41.5 Å². The molecule has 0 spiro atoms. The van der Waals surface area contributed by atoms with E-state index < -0.39 is 5.60 Å². The molecule has 1 unspecified atom stereocenters. The van der Waals surface area contributed by atoms with Crippen LogP contribution in [0.25, 0.3) is 0 Å². The Morgan fingerprint density at radius 2 is 2.19 bits per heavy atom. The number of amides is 1. The number of ether oxygens (including phenoxy) is 2. The third-order valence-electron chi connectivity index (χ3n) is 3.01. The van der Waals surface area contributed by atoms with Gasteiger partial charge >= 0.3 is 6.09 Å². The number of methoxy groups -OCH3 is 1. The Morgan fingerprint density at radius 3 is 2.81 bits per heavy atom. The lowest BCUT2D eigenvalue weighted by Gasteiger charge is -2.20. The fourth-order valence-corrected chi connectivity index (χ4v) is 1.96. The topological polar surface area (TPSA) is 65.4 Å². The van der Waals surface area contributed by atoms with E-state index in [1.54, 1.807) is 7.11 Å². The number of carbonyl (C=O) groups excluding carboxylic acids is 1. The summed E-state index contributed by atoms with van der Waals surface area (Å²) >= 11 is 0. The van der Waals surface area contributed by atoms with Crippen molar-refractivity contribution in [3.8, 4) is 0 Å². The van der Waals surface area contributed by atoms with E-state index in [2.05, 4.69) is 21.8 Å². The molecule has 0 aliphatic rings. The maximum Gasteiger partial charge on any atom is 0.407 e. The largest absolute Gasteiger partial charge is 0.444 e. The van der Waals surface area contributed by atoms with E-state index in [0.717, 1.165) is 25.1 Å². The van der Waals surface area contributed by atoms with Gasteiger partial charge in [0.25, 0.3) is 0 Å². The summed E-state index contributed by atoms with van der Waals surface area (Å²) in [5.41, 5.74) is 0.621. The summed E-state index contributed by atoms with van der Waals surface area (Å²) in [6, 6.07) is 0.323. The molecule has 0 fully saturated rings. The molecule has 1 atom stereocenters. The summed E-state index contributed by atoms with van der Waals surface area (Å²) in [7, 11) is 1.70. The molecule has 0 aliphatic heterocycles. The summed E-state index contributed by atoms with van der Waals surface area (Å²) in [4.78, 5) is 15.8. The van der Waals surface area contributed by atoms with Crippen molar-refractivity contribution >= 4 is 6.09 Å². The number of hydrogen-bond acceptors (Lipinski definition) is 4. The number of rotatable bonds is 7. The number of aromatic nitrogens is 2. The SMILES string of the molecule is COCCC(C)n1cncc1CCNC(=O)OC(C)(C)C. The Labute approximate surface area is 126 Å². The first kappa shape index (κ1) is 17.5. The van der Waals surface area contributed by atoms with Crippen molar-refractivity contribution in [2.24, 2.45) is 0 Å². The molecule has 1 amide bonds. The maximum atomic E-state index is 11.6. The van der Waals surface area contributed by atoms with Crippen molar-refractivity contribution in [2.45, 2.75) is 52.2 Å². The highest BCUT2D eigenvalue weighted by atomic mass is 16.6. The Bertz CT molecular complexity index is 438. The van der Waals surface area contributed by atoms with Gasteiger partial charge in [0.05, 0.1) is 6.33 Å². The van der Waals surface area contributed by atoms with E-state index in [1.807, 2.05) is 33.3 Å². The normalized spacial score (nSPS) is 13.0. The smallest absolute Gasteiger partial charge is 0.407 e. The van der Waals surface area contributed by atoms with Crippen LogP contribution in [0.5, 0.6) is 0 Å². The van der Waals surface area contributed by atoms with Crippen molar-refractivity contribution in [2.75, 3.05) is 20.3 Å². The third-order valence-corrected chi connectivity index (χ3v) is 3.01. The second-order valence-corrected chi connectivity index (χ2v) is 6.10. The van der Waals surface area contributed by atoms with Crippen LogP contribution in [0.1, 0.15) is 45.9 Å². The second kappa shape index (κ2) is 8.02. The van der Waals surface area contributed by atoms with Gasteiger partial charge in [-0.25, -0.2) is 9.78 Å². The van der Waals surface area contributed by atoms with Gasteiger partial charge in [-0.3, -0.25) is 0 Å². The molecular weight excluding hydrogens is 270 g/mol. The minimum Gasteiger partial charge on any atom is -0.444 e. The zero-order chi connectivity index (χ0) is 15.9. The van der Waals surface area contributed by atoms with Gasteiger partial charge in [0.15, 0.2) is 0 Å². The summed E-state index contributed by atoms with van der Waals surface area (Å²) in [6.45, 7) is 8.91. The van der Waals surface area contributed by atoms with Crippen molar-refractivity contribution in [1.82, 2.24) is 14.9 Å². The monoisotopic (exact) mass is 297 g/mol. The van der Waals surface area contributed by atoms with Crippen molar-refractivity contribution in [1.29, 1.82) is 0 Å². The predicted molar refractivity (Wildman–Crippen MR) is 81.4 cm³/mol. The Balaban J connectivity index is 2.42. The van der Waals surface area contributed by atoms with Crippen molar-refractivity contribution in [3.05, 3.63) is 18.2 Å². The molecule has 1 aromatic rings. The van der Waals surface area contributed by atoms with Gasteiger partial charge in [0, 0.05) is 44.6 Å². The molecule has 1 N–H and O–H groups in total. The van der Waals surface area contributed by atoms with Gasteiger partial charge in [-0.2, -0.15) is 0 Å². The quantitative estimate of drug-likeness (QED) is 0.840. The van der Waals surface area contributed by atoms with Crippen molar-refractivity contribution < 1.29 is 14.3 Å². The fraction of sp³-hybridized carbons (Fsp3) is 0.733. The zero-order valence-electron chi connectivity index (χ0n) is 13.7. The van der Waals surface area contributed by atoms with Crippen LogP contribution in [-0.2, 0) is 15.9 Å². The summed E-state index contributed by atoms with van der Waals surface area (Å²) in [5.74, 6) is 0. The van der Waals surface area contributed by atoms with Gasteiger partial charge in [0.2, 0.25) is 0 Å². The minimum atomic E-state index is -0.472. The molecule has 0 bridgehead atoms. The fourth-order valence-electron chi connectivity index (χ4n) is 1.96. The van der Waals surface area contributed by atoms with Crippen LogP contribution < -0.4 is 5.32 Å². The standard InChI is InChI=1S/C15H27N3O3/c1-12(7-9-20-5)18-11-16-10-13(18)6-8-17-14(19)21-15(2,3)4/h10-12H,6-9H2,1-5H3,(H,17,19). The molecule has 0 saturated heterocycles. The Hall–Kier alpha value is -1.56. The average Bonchev–Trinajstić information content (AvgIpc) is 2.82. The van der Waals surface area contributed by atoms with Crippen molar-refractivity contribution in [3.63, 3.8) is 0 Å². The Kier molecular flexibility index (Phi) is 6.68. The number of hydrogen-bond donors (Lipinski definition) is 1. The first-order valence-electron chi connectivity index (χ1n) is 7.30. The molecule has 1 rings (SSSR count). The number of imidazole rings is 1. The first-order valence-corrected chi connectivity index (χ1v) is 7.30. The lowest BCUT2D eigenvalue weighted by Crippen LogP contribution is -2.33. The van der Waals surface area contributed by atoms with Crippen LogP contribution in [0.4, 0.5) is 4.79 Å². The van der Waals surface area contributed by atoms with Gasteiger partial charge < -0.3 is 19.4 Å². The lowest BCUT2D eigenvalue weighted by atomic mass is 10.2. The molecule has 120 valence electrons. The number of nitrogens with zero attached hydrogens (tertiary/aromatic N) is 2. The highest BCUT2D eigenvalue weighted by Gasteiger charge is 2.16. The number of alkyl carbamates (subject to hydrolysis) is 1. The predicted octanol–water partition coefficient (Wildman–Crippen LogP) is 2.55. The van der Waals surface area contributed by atoms with Crippen LogP contribution in [0.2, 0.25) is 0 Å². The van der Waals surface area contributed by atoms with Crippen LogP contribution in [0, 0.1) is 0 Å². The van der Waals surface area contributed by atoms with E-state index in [1.165, 1.54) is 0 Å². The molecular formula is C15H27N3O3. The van der Waals surface area contributed by atoms with Crippen LogP contribution in [0.3, 0.4) is 0 Å². The maximum absolute atomic E-state index is 11.6. The van der Waals surface area contributed by atoms with E-state index in [9.17, 15) is 4.79 Å². The van der Waals surface area contributed by atoms with Gasteiger partial charge in [-0.05, 0) is 34.1 Å². The summed E-state index contributed by atoms with van der Waals surface area (Å²) < 4.78 is 12.4. The Morgan fingerprint density at radius 1 is 1.48 bits per heavy atom. The number of nitrogens with one attached hydrogen (secondary N) is 1. The molecule has 0 saturated carbocycles. The third kappa shape index (κ3) is 6.62. The first-order chi connectivity index (χ1) is 9.83. The van der Waals surface area contributed by atoms with Crippen LogP contribution >= 0.6 is 0 Å². The second-order valence-electron chi connectivity index (χ2n) is 6.10. The molecule has 0 radical (unpaired) electrons. The highest BCUT2D eigenvalue weighted by molar-refractivity contribution is 5.67. The molecule has 6 heteroatoms. The number of carbonyl (C=O) groups is 1. The molecule has 21 heavy (non-hydrogen) atoms. The van der Waals surface area contributed by atoms with Crippen LogP contribution in [0.15, 0.2) is 12.5 Å². The molecule has 0 aliphatic carbocycles. The summed E-state index contributed by atoms with van der Waals surface area (Å²) in [6.07, 6.45) is 4.92. The lowest BCUT2D eigenvalue weighted by molar-refractivity contribution is 0.0528. The minimum absolute atomic E-state index is 0.323. The molecule has 1 heterocycles. The zero-order valence-corrected chi connectivity index (χ0v) is 13.7. The van der Waals surface area contributed by atoms with E-state index in [4.69, 9.17) is 9.47 Å². The van der Waals surface area contributed by atoms with Gasteiger partial charge in [0.1, 0.15) is 5.60 Å². The van der Waals surface area contributed by atoms with Gasteiger partial charge in [-0.15, -0.1) is 0 Å². The summed E-state index contributed by atoms with van der Waals surface area (Å²) in [5, 5.41) is 2.76. The molecule has 6 nitrogen and oxygen atoms in total. The average molecular weight is 297 g/mol. The molecule has 0 aromatic carbocycles. The highest BCUT2D eigenvalue weighted by Crippen LogP contribution is 2.14. The molecule has 1 aromatic heterocycles. The van der Waals surface area contributed by atoms with E-state index in [0.29, 0.717) is 12.6 Å². The van der Waals surface area contributed by atoms with E-state index >= 15 is 0 Å². The van der Waals surface area contributed by atoms with E-state index in [-0.39, 0.29) is 6.09 Å².